The Bertz CT molecular complexity index is 973. The van der Waals surface area contributed by atoms with Gasteiger partial charge >= 0.3 is 7.82 Å². The van der Waals surface area contributed by atoms with Crippen molar-refractivity contribution in [3.05, 3.63) is 0 Å². The van der Waals surface area contributed by atoms with Gasteiger partial charge < -0.3 is 21.1 Å². The van der Waals surface area contributed by atoms with Gasteiger partial charge in [0.25, 0.3) is 0 Å². The Morgan fingerprint density at radius 2 is 0.719 bits per heavy atom. The lowest BCUT2D eigenvalue weighted by Gasteiger charge is -2.25. The lowest BCUT2D eigenvalue weighted by atomic mass is 10.0. The van der Waals surface area contributed by atoms with Gasteiger partial charge in [0.2, 0.25) is 5.91 Å². The SMILES string of the molecule is CCCCCCCCCCCCCCCCCCCCCCCCCCCCCCCCCCC(=O)N[C@@H](COP(=O)(O)OCCN)[C@H](O)CCCCCCCCCCCCCCC. The van der Waals surface area contributed by atoms with Gasteiger partial charge in [-0.1, -0.05) is 296 Å². The van der Waals surface area contributed by atoms with E-state index in [0.29, 0.717) is 12.8 Å². The van der Waals surface area contributed by atoms with Crippen molar-refractivity contribution in [1.29, 1.82) is 0 Å². The summed E-state index contributed by atoms with van der Waals surface area (Å²) in [5.41, 5.74) is 5.40. The van der Waals surface area contributed by atoms with Crippen LogP contribution in [0.1, 0.15) is 316 Å². The normalized spacial score (nSPS) is 13.6. The number of hydrogen-bond acceptors (Lipinski definition) is 6. The highest BCUT2D eigenvalue weighted by Gasteiger charge is 2.27. The summed E-state index contributed by atoms with van der Waals surface area (Å²) in [6.45, 7) is 4.26. The molecule has 5 N–H and O–H groups in total. The molecule has 0 fully saturated rings. The summed E-state index contributed by atoms with van der Waals surface area (Å²) in [6, 6.07) is -0.768. The standard InChI is InChI=1S/C55H113N2O6P/c1-3-5-7-9-11-13-15-17-18-19-20-21-22-23-24-25-26-27-28-29-30-31-32-33-34-35-37-39-41-43-45-47-49-55(59)57-53(52-63-64(60,61)62-51-50-56)54(58)48-46-44-42-40-38-36-16-14-12-10-8-6-4-2/h53-54,58H,3-52,56H2,1-2H3,(H,57,59)(H,60,61)/t53-,54+/m0/s1. The molecule has 8 nitrogen and oxygen atoms in total. The first-order chi connectivity index (χ1) is 31.4. The van der Waals surface area contributed by atoms with Crippen LogP contribution < -0.4 is 11.1 Å². The average Bonchev–Trinajstić information content (AvgIpc) is 3.29. The Labute approximate surface area is 399 Å². The van der Waals surface area contributed by atoms with Crippen LogP contribution in [-0.4, -0.2) is 47.8 Å². The first-order valence-corrected chi connectivity index (χ1v) is 30.1. The molecule has 0 heterocycles. The van der Waals surface area contributed by atoms with E-state index in [1.807, 2.05) is 0 Å². The topological polar surface area (TPSA) is 131 Å². The van der Waals surface area contributed by atoms with Crippen LogP contribution in [0, 0.1) is 0 Å². The monoisotopic (exact) mass is 929 g/mol. The molecular weight excluding hydrogens is 816 g/mol. The lowest BCUT2D eigenvalue weighted by molar-refractivity contribution is -0.123. The molecule has 0 saturated heterocycles. The van der Waals surface area contributed by atoms with E-state index >= 15 is 0 Å². The summed E-state index contributed by atoms with van der Waals surface area (Å²) in [7, 11) is -4.31. The fourth-order valence-electron chi connectivity index (χ4n) is 9.14. The zero-order valence-corrected chi connectivity index (χ0v) is 44.0. The first-order valence-electron chi connectivity index (χ1n) is 28.7. The van der Waals surface area contributed by atoms with Crippen molar-refractivity contribution in [2.75, 3.05) is 19.8 Å². The number of phosphoric ester groups is 1. The number of carbonyl (C=O) groups is 1. The van der Waals surface area contributed by atoms with Crippen LogP contribution in [0.3, 0.4) is 0 Å². The van der Waals surface area contributed by atoms with Gasteiger partial charge in [0.1, 0.15) is 0 Å². The van der Waals surface area contributed by atoms with Gasteiger partial charge in [0, 0.05) is 13.0 Å². The first kappa shape index (κ1) is 63.5. The molecule has 9 heteroatoms. The maximum absolute atomic E-state index is 12.9. The Kier molecular flexibility index (Phi) is 51.5. The van der Waals surface area contributed by atoms with Crippen LogP contribution in [0.5, 0.6) is 0 Å². The Balaban J connectivity index is 3.78. The predicted molar refractivity (Wildman–Crippen MR) is 277 cm³/mol. The Morgan fingerprint density at radius 3 is 1.00 bits per heavy atom. The Hall–Kier alpha value is -0.500. The van der Waals surface area contributed by atoms with Gasteiger partial charge in [-0.25, -0.2) is 4.57 Å². The van der Waals surface area contributed by atoms with E-state index < -0.39 is 20.0 Å². The highest BCUT2D eigenvalue weighted by atomic mass is 31.2. The second-order valence-electron chi connectivity index (χ2n) is 19.9. The molecule has 0 aromatic carbocycles. The molecule has 0 aliphatic rings. The minimum absolute atomic E-state index is 0.0927. The summed E-state index contributed by atoms with van der Waals surface area (Å²) in [5.74, 6) is -0.153. The lowest BCUT2D eigenvalue weighted by Crippen LogP contribution is -2.46. The van der Waals surface area contributed by atoms with Crippen molar-refractivity contribution < 1.29 is 28.4 Å². The molecule has 0 aromatic heterocycles. The number of phosphoric acid groups is 1. The van der Waals surface area contributed by atoms with Gasteiger partial charge in [-0.2, -0.15) is 0 Å². The van der Waals surface area contributed by atoms with Crippen molar-refractivity contribution in [3.63, 3.8) is 0 Å². The van der Waals surface area contributed by atoms with E-state index in [9.17, 15) is 19.4 Å². The van der Waals surface area contributed by atoms with Crippen LogP contribution >= 0.6 is 7.82 Å². The molecule has 384 valence electrons. The molecule has 1 unspecified atom stereocenters. The highest BCUT2D eigenvalue weighted by Crippen LogP contribution is 2.43. The number of nitrogens with one attached hydrogen (secondary N) is 1. The average molecular weight is 929 g/mol. The third kappa shape index (κ3) is 49.4. The largest absolute Gasteiger partial charge is 0.472 e. The predicted octanol–water partition coefficient (Wildman–Crippen LogP) is 17.3. The summed E-state index contributed by atoms with van der Waals surface area (Å²) in [5, 5.41) is 13.9. The van der Waals surface area contributed by atoms with Crippen molar-refractivity contribution in [2.45, 2.75) is 328 Å². The molecule has 64 heavy (non-hydrogen) atoms. The number of carbonyl (C=O) groups excluding carboxylic acids is 1. The third-order valence-corrected chi connectivity index (χ3v) is 14.4. The van der Waals surface area contributed by atoms with Gasteiger partial charge in [0.05, 0.1) is 25.4 Å². The zero-order valence-electron chi connectivity index (χ0n) is 43.1. The van der Waals surface area contributed by atoms with Crippen LogP contribution in [0.2, 0.25) is 0 Å². The number of rotatable bonds is 55. The second kappa shape index (κ2) is 51.9. The zero-order chi connectivity index (χ0) is 46.7. The summed E-state index contributed by atoms with van der Waals surface area (Å²) in [4.78, 5) is 22.9. The summed E-state index contributed by atoms with van der Waals surface area (Å²) in [6.07, 6.45) is 60.2. The number of amides is 1. The van der Waals surface area contributed by atoms with Crippen molar-refractivity contribution in [3.8, 4) is 0 Å². The minimum atomic E-state index is -4.31. The van der Waals surface area contributed by atoms with Gasteiger partial charge in [-0.3, -0.25) is 13.8 Å². The molecule has 0 rings (SSSR count). The molecule has 0 aliphatic carbocycles. The van der Waals surface area contributed by atoms with E-state index in [1.54, 1.807) is 0 Å². The fourth-order valence-corrected chi connectivity index (χ4v) is 9.90. The maximum atomic E-state index is 12.9. The fraction of sp³-hybridized carbons (Fsp3) is 0.982. The molecule has 0 radical (unpaired) electrons. The molecule has 0 saturated carbocycles. The Morgan fingerprint density at radius 1 is 0.453 bits per heavy atom. The van der Waals surface area contributed by atoms with Crippen molar-refractivity contribution in [1.82, 2.24) is 5.32 Å². The third-order valence-electron chi connectivity index (χ3n) is 13.5. The van der Waals surface area contributed by atoms with Crippen LogP contribution in [0.25, 0.3) is 0 Å². The number of hydrogen-bond donors (Lipinski definition) is 4. The van der Waals surface area contributed by atoms with E-state index in [-0.39, 0.29) is 25.7 Å². The van der Waals surface area contributed by atoms with Crippen LogP contribution in [0.4, 0.5) is 0 Å². The molecule has 0 bridgehead atoms. The molecule has 0 spiro atoms. The van der Waals surface area contributed by atoms with Gasteiger partial charge in [0.15, 0.2) is 0 Å². The maximum Gasteiger partial charge on any atom is 0.472 e. The highest BCUT2D eigenvalue weighted by molar-refractivity contribution is 7.47. The number of nitrogens with two attached hydrogens (primary N) is 1. The summed E-state index contributed by atoms with van der Waals surface area (Å²) < 4.78 is 22.3. The second-order valence-corrected chi connectivity index (χ2v) is 21.3. The smallest absolute Gasteiger partial charge is 0.391 e. The minimum Gasteiger partial charge on any atom is -0.391 e. The van der Waals surface area contributed by atoms with Crippen molar-refractivity contribution >= 4 is 13.7 Å². The number of unbranched alkanes of at least 4 members (excludes halogenated alkanes) is 43. The van der Waals surface area contributed by atoms with Crippen LogP contribution in [-0.2, 0) is 18.4 Å². The van der Waals surface area contributed by atoms with E-state index in [0.717, 1.165) is 38.5 Å². The molecule has 0 aromatic rings. The number of aliphatic hydroxyl groups excluding tert-OH is 1. The summed E-state index contributed by atoms with van der Waals surface area (Å²) >= 11 is 0. The quantitative estimate of drug-likeness (QED) is 0.0353. The molecule has 3 atom stereocenters. The van der Waals surface area contributed by atoms with Gasteiger partial charge in [-0.15, -0.1) is 0 Å². The van der Waals surface area contributed by atoms with Crippen molar-refractivity contribution in [2.24, 2.45) is 5.73 Å². The van der Waals surface area contributed by atoms with Gasteiger partial charge in [-0.05, 0) is 12.8 Å². The van der Waals surface area contributed by atoms with E-state index in [4.69, 9.17) is 14.8 Å². The van der Waals surface area contributed by atoms with E-state index in [2.05, 4.69) is 19.2 Å². The molecule has 0 aliphatic heterocycles. The number of aliphatic hydroxyl groups is 1. The van der Waals surface area contributed by atoms with E-state index in [1.165, 1.54) is 250 Å². The molecular formula is C55H113N2O6P. The molecule has 1 amide bonds. The van der Waals surface area contributed by atoms with Crippen LogP contribution in [0.15, 0.2) is 0 Å².